The van der Waals surface area contributed by atoms with Crippen LogP contribution in [-0.2, 0) is 0 Å². The lowest BCUT2D eigenvalue weighted by molar-refractivity contribution is 0.223. The molecule has 2 rings (SSSR count). The molecule has 0 saturated carbocycles. The van der Waals surface area contributed by atoms with E-state index in [1.54, 1.807) is 0 Å². The van der Waals surface area contributed by atoms with E-state index in [-0.39, 0.29) is 12.1 Å². The van der Waals surface area contributed by atoms with Crippen molar-refractivity contribution in [2.45, 2.75) is 12.5 Å². The van der Waals surface area contributed by atoms with Crippen LogP contribution in [0.3, 0.4) is 0 Å². The monoisotopic (exact) mass is 207 g/mol. The van der Waals surface area contributed by atoms with E-state index < -0.39 is 0 Å². The molecular weight excluding hydrogens is 194 g/mol. The summed E-state index contributed by atoms with van der Waals surface area (Å²) in [6.07, 6.45) is 0.754. The lowest BCUT2D eigenvalue weighted by Crippen LogP contribution is -2.42. The maximum atomic E-state index is 11.1. The Bertz CT molecular complexity index is 367. The largest absolute Gasteiger partial charge is 0.493 e. The van der Waals surface area contributed by atoms with Crippen LogP contribution in [0.2, 0.25) is 0 Å². The number of ether oxygens (including phenoxy) is 1. The molecule has 1 aliphatic heterocycles. The van der Waals surface area contributed by atoms with Crippen molar-refractivity contribution in [3.8, 4) is 5.75 Å². The van der Waals surface area contributed by atoms with E-state index in [0.717, 1.165) is 17.7 Å². The number of nitrogens with one attached hydrogen (secondary N) is 2. The van der Waals surface area contributed by atoms with Crippen molar-refractivity contribution in [2.75, 3.05) is 6.61 Å². The standard InChI is InChI=1S/C10H13N3O2/c11-13-10(14)12-8-5-6-15-9-4-2-1-3-7(8)9/h1-4,8H,5-6,11H2,(H2,12,13,14). The van der Waals surface area contributed by atoms with Crippen molar-refractivity contribution in [3.63, 3.8) is 0 Å². The molecule has 1 aromatic carbocycles. The second kappa shape index (κ2) is 4.18. The number of urea groups is 1. The van der Waals surface area contributed by atoms with Gasteiger partial charge in [0, 0.05) is 12.0 Å². The first-order valence-corrected chi connectivity index (χ1v) is 4.80. The molecule has 0 radical (unpaired) electrons. The van der Waals surface area contributed by atoms with E-state index in [1.807, 2.05) is 24.3 Å². The zero-order valence-electron chi connectivity index (χ0n) is 8.19. The molecule has 0 aliphatic carbocycles. The van der Waals surface area contributed by atoms with Crippen LogP contribution in [0.15, 0.2) is 24.3 Å². The molecule has 0 aromatic heterocycles. The number of benzene rings is 1. The normalized spacial score (nSPS) is 18.6. The minimum absolute atomic E-state index is 0.0292. The molecule has 5 heteroatoms. The highest BCUT2D eigenvalue weighted by Crippen LogP contribution is 2.31. The Kier molecular flexibility index (Phi) is 2.73. The van der Waals surface area contributed by atoms with Crippen LogP contribution in [0, 0.1) is 0 Å². The molecule has 0 bridgehead atoms. The first-order valence-electron chi connectivity index (χ1n) is 4.80. The van der Waals surface area contributed by atoms with Crippen molar-refractivity contribution < 1.29 is 9.53 Å². The van der Waals surface area contributed by atoms with Gasteiger partial charge in [0.1, 0.15) is 5.75 Å². The van der Waals surface area contributed by atoms with Gasteiger partial charge in [-0.15, -0.1) is 0 Å². The molecule has 0 fully saturated rings. The third-order valence-electron chi connectivity index (χ3n) is 2.39. The van der Waals surface area contributed by atoms with E-state index in [1.165, 1.54) is 0 Å². The molecule has 80 valence electrons. The highest BCUT2D eigenvalue weighted by molar-refractivity contribution is 5.73. The quantitative estimate of drug-likeness (QED) is 0.360. The number of nitrogens with two attached hydrogens (primary N) is 1. The topological polar surface area (TPSA) is 76.4 Å². The number of hydrogen-bond acceptors (Lipinski definition) is 3. The number of fused-ring (bicyclic) bond motifs is 1. The number of hydrogen-bond donors (Lipinski definition) is 3. The number of para-hydroxylation sites is 1. The summed E-state index contributed by atoms with van der Waals surface area (Å²) >= 11 is 0. The van der Waals surface area contributed by atoms with Gasteiger partial charge in [-0.05, 0) is 6.07 Å². The van der Waals surface area contributed by atoms with Crippen LogP contribution >= 0.6 is 0 Å². The summed E-state index contributed by atoms with van der Waals surface area (Å²) in [5.74, 6) is 5.84. The first-order chi connectivity index (χ1) is 7.31. The molecular formula is C10H13N3O2. The third-order valence-corrected chi connectivity index (χ3v) is 2.39. The highest BCUT2D eigenvalue weighted by atomic mass is 16.5. The molecule has 4 N–H and O–H groups in total. The summed E-state index contributed by atoms with van der Waals surface area (Å²) in [4.78, 5) is 11.1. The molecule has 0 spiro atoms. The zero-order chi connectivity index (χ0) is 10.7. The van der Waals surface area contributed by atoms with Gasteiger partial charge >= 0.3 is 6.03 Å². The Morgan fingerprint density at radius 3 is 3.07 bits per heavy atom. The van der Waals surface area contributed by atoms with Crippen molar-refractivity contribution in [1.29, 1.82) is 0 Å². The van der Waals surface area contributed by atoms with Gasteiger partial charge in [0.15, 0.2) is 0 Å². The Labute approximate surface area is 87.6 Å². The van der Waals surface area contributed by atoms with Crippen molar-refractivity contribution >= 4 is 6.03 Å². The molecule has 5 nitrogen and oxygen atoms in total. The second-order valence-corrected chi connectivity index (χ2v) is 3.35. The van der Waals surface area contributed by atoms with Crippen LogP contribution in [0.5, 0.6) is 5.75 Å². The van der Waals surface area contributed by atoms with E-state index >= 15 is 0 Å². The fourth-order valence-corrected chi connectivity index (χ4v) is 1.69. The second-order valence-electron chi connectivity index (χ2n) is 3.35. The van der Waals surface area contributed by atoms with Gasteiger partial charge in [0.2, 0.25) is 0 Å². The molecule has 1 unspecified atom stereocenters. The number of carbonyl (C=O) groups is 1. The van der Waals surface area contributed by atoms with Gasteiger partial charge in [0.05, 0.1) is 12.6 Å². The smallest absolute Gasteiger partial charge is 0.329 e. The molecule has 1 atom stereocenters. The van der Waals surface area contributed by atoms with Crippen molar-refractivity contribution in [3.05, 3.63) is 29.8 Å². The van der Waals surface area contributed by atoms with Crippen LogP contribution in [0.4, 0.5) is 4.79 Å². The molecule has 1 aromatic rings. The Hall–Kier alpha value is -1.75. The van der Waals surface area contributed by atoms with Crippen LogP contribution in [0.25, 0.3) is 0 Å². The zero-order valence-corrected chi connectivity index (χ0v) is 8.19. The van der Waals surface area contributed by atoms with Gasteiger partial charge in [-0.3, -0.25) is 5.43 Å². The predicted octanol–water partition coefficient (Wildman–Crippen LogP) is 0.683. The van der Waals surface area contributed by atoms with Gasteiger partial charge < -0.3 is 10.1 Å². The first kappa shape index (κ1) is 9.79. The maximum absolute atomic E-state index is 11.1. The maximum Gasteiger partial charge on any atom is 0.329 e. The lowest BCUT2D eigenvalue weighted by atomic mass is 10.0. The van der Waals surface area contributed by atoms with E-state index in [9.17, 15) is 4.79 Å². The fourth-order valence-electron chi connectivity index (χ4n) is 1.69. The predicted molar refractivity (Wildman–Crippen MR) is 55.1 cm³/mol. The highest BCUT2D eigenvalue weighted by Gasteiger charge is 2.21. The van der Waals surface area contributed by atoms with Crippen LogP contribution < -0.4 is 21.3 Å². The summed E-state index contributed by atoms with van der Waals surface area (Å²) in [7, 11) is 0. The molecule has 0 saturated heterocycles. The summed E-state index contributed by atoms with van der Waals surface area (Å²) in [5, 5.41) is 2.77. The summed E-state index contributed by atoms with van der Waals surface area (Å²) < 4.78 is 5.47. The number of rotatable bonds is 1. The van der Waals surface area contributed by atoms with Crippen LogP contribution in [-0.4, -0.2) is 12.6 Å². The average Bonchev–Trinajstić information content (AvgIpc) is 2.29. The summed E-state index contributed by atoms with van der Waals surface area (Å²) in [5.41, 5.74) is 3.05. The minimum Gasteiger partial charge on any atom is -0.493 e. The molecule has 2 amide bonds. The van der Waals surface area contributed by atoms with E-state index in [2.05, 4.69) is 10.7 Å². The van der Waals surface area contributed by atoms with Crippen molar-refractivity contribution in [2.24, 2.45) is 5.84 Å². The number of hydrazine groups is 1. The Morgan fingerprint density at radius 2 is 2.27 bits per heavy atom. The molecule has 1 aliphatic rings. The SMILES string of the molecule is NNC(=O)NC1CCOc2ccccc21. The lowest BCUT2D eigenvalue weighted by Gasteiger charge is -2.26. The summed E-state index contributed by atoms with van der Waals surface area (Å²) in [6.45, 7) is 0.604. The summed E-state index contributed by atoms with van der Waals surface area (Å²) in [6, 6.07) is 7.25. The van der Waals surface area contributed by atoms with E-state index in [4.69, 9.17) is 10.6 Å². The fraction of sp³-hybridized carbons (Fsp3) is 0.300. The minimum atomic E-state index is -0.378. The van der Waals surface area contributed by atoms with Gasteiger partial charge in [-0.25, -0.2) is 10.6 Å². The van der Waals surface area contributed by atoms with Gasteiger partial charge in [-0.1, -0.05) is 18.2 Å². The number of amides is 2. The van der Waals surface area contributed by atoms with Crippen molar-refractivity contribution in [1.82, 2.24) is 10.7 Å². The average molecular weight is 207 g/mol. The molecule has 15 heavy (non-hydrogen) atoms. The van der Waals surface area contributed by atoms with Crippen LogP contribution in [0.1, 0.15) is 18.0 Å². The van der Waals surface area contributed by atoms with E-state index in [0.29, 0.717) is 6.61 Å². The Balaban J connectivity index is 2.18. The number of carbonyl (C=O) groups excluding carboxylic acids is 1. The third kappa shape index (κ3) is 2.02. The Morgan fingerprint density at radius 1 is 1.47 bits per heavy atom. The van der Waals surface area contributed by atoms with Gasteiger partial charge in [-0.2, -0.15) is 0 Å². The molecule has 1 heterocycles. The van der Waals surface area contributed by atoms with Gasteiger partial charge in [0.25, 0.3) is 0 Å².